The Balaban J connectivity index is 2.03. The van der Waals surface area contributed by atoms with Gasteiger partial charge in [-0.3, -0.25) is 19.0 Å². The maximum atomic E-state index is 12.4. The van der Waals surface area contributed by atoms with Crippen LogP contribution in [0.25, 0.3) is 10.9 Å². The normalized spacial score (nSPS) is 12.0. The molecular formula is C17H22N4O3. The van der Waals surface area contributed by atoms with Crippen LogP contribution in [0.4, 0.5) is 0 Å². The van der Waals surface area contributed by atoms with Crippen molar-refractivity contribution in [1.29, 1.82) is 0 Å². The van der Waals surface area contributed by atoms with E-state index in [4.69, 9.17) is 0 Å². The molecule has 1 unspecified atom stereocenters. The maximum Gasteiger partial charge on any atom is 0.261 e. The number of carbonyl (C=O) groups excluding carboxylic acids is 2. The fourth-order valence-corrected chi connectivity index (χ4v) is 2.43. The van der Waals surface area contributed by atoms with Crippen molar-refractivity contribution < 1.29 is 9.59 Å². The number of likely N-dealkylation sites (N-methyl/N-ethyl adjacent to an activating group) is 1. The fourth-order valence-electron chi connectivity index (χ4n) is 2.43. The highest BCUT2D eigenvalue weighted by Crippen LogP contribution is 2.11. The average molecular weight is 330 g/mol. The van der Waals surface area contributed by atoms with E-state index in [9.17, 15) is 14.4 Å². The molecule has 1 atom stereocenters. The zero-order valence-electron chi connectivity index (χ0n) is 14.1. The number of para-hydroxylation sites is 1. The minimum absolute atomic E-state index is 0.0999. The second-order valence-electron chi connectivity index (χ2n) is 5.65. The minimum Gasteiger partial charge on any atom is -0.355 e. The van der Waals surface area contributed by atoms with Crippen LogP contribution >= 0.6 is 0 Å². The van der Waals surface area contributed by atoms with E-state index in [0.29, 0.717) is 17.4 Å². The molecule has 0 aliphatic heterocycles. The topological polar surface area (TPSA) is 93.1 Å². The zero-order chi connectivity index (χ0) is 17.7. The van der Waals surface area contributed by atoms with Gasteiger partial charge in [0.05, 0.1) is 17.2 Å². The first-order chi connectivity index (χ1) is 11.4. The molecule has 0 saturated heterocycles. The molecule has 0 fully saturated rings. The molecule has 0 bridgehead atoms. The largest absolute Gasteiger partial charge is 0.355 e. The Bertz CT molecular complexity index is 813. The summed E-state index contributed by atoms with van der Waals surface area (Å²) < 4.78 is 1.41. The Morgan fingerprint density at radius 2 is 2.08 bits per heavy atom. The molecule has 2 amide bonds. The molecule has 2 aromatic rings. The Hall–Kier alpha value is -2.70. The number of nitrogens with one attached hydrogen (secondary N) is 2. The summed E-state index contributed by atoms with van der Waals surface area (Å²) >= 11 is 0. The number of fused-ring (bicyclic) bond motifs is 1. The van der Waals surface area contributed by atoms with E-state index in [1.165, 1.54) is 10.9 Å². The molecule has 0 saturated carbocycles. The van der Waals surface area contributed by atoms with Gasteiger partial charge in [-0.25, -0.2) is 4.98 Å². The zero-order valence-corrected chi connectivity index (χ0v) is 14.1. The molecule has 2 rings (SSSR count). The van der Waals surface area contributed by atoms with Crippen molar-refractivity contribution >= 4 is 22.7 Å². The molecule has 0 spiro atoms. The third kappa shape index (κ3) is 3.98. The first kappa shape index (κ1) is 17.7. The monoisotopic (exact) mass is 330 g/mol. The predicted octanol–water partition coefficient (Wildman–Crippen LogP) is 0.736. The molecule has 1 aromatic heterocycles. The second-order valence-corrected chi connectivity index (χ2v) is 5.65. The standard InChI is InChI=1S/C17H22N4O3/c1-4-18-16(23)12(3)20-14(22)8-9-21-10-19-15-11(2)6-5-7-13(15)17(21)24/h5-7,10,12H,4,8-9H2,1-3H3,(H,18,23)(H,20,22). The maximum absolute atomic E-state index is 12.4. The van der Waals surface area contributed by atoms with Crippen LogP contribution in [0.15, 0.2) is 29.3 Å². The fraction of sp³-hybridized carbons (Fsp3) is 0.412. The van der Waals surface area contributed by atoms with Gasteiger partial charge in [-0.15, -0.1) is 0 Å². The first-order valence-corrected chi connectivity index (χ1v) is 7.96. The van der Waals surface area contributed by atoms with E-state index >= 15 is 0 Å². The van der Waals surface area contributed by atoms with E-state index in [1.807, 2.05) is 26.0 Å². The number of carbonyl (C=O) groups is 2. The van der Waals surface area contributed by atoms with Gasteiger partial charge in [0.25, 0.3) is 5.56 Å². The number of amides is 2. The summed E-state index contributed by atoms with van der Waals surface area (Å²) in [6, 6.07) is 4.83. The number of nitrogens with zero attached hydrogens (tertiary/aromatic N) is 2. The summed E-state index contributed by atoms with van der Waals surface area (Å²) in [7, 11) is 0. The molecule has 2 N–H and O–H groups in total. The van der Waals surface area contributed by atoms with Crippen LogP contribution in [0.5, 0.6) is 0 Å². The third-order valence-electron chi connectivity index (χ3n) is 3.76. The van der Waals surface area contributed by atoms with Gasteiger partial charge in [0.2, 0.25) is 11.8 Å². The van der Waals surface area contributed by atoms with Crippen molar-refractivity contribution in [3.05, 3.63) is 40.4 Å². The van der Waals surface area contributed by atoms with Gasteiger partial charge in [0.15, 0.2) is 0 Å². The van der Waals surface area contributed by atoms with Crippen LogP contribution in [0, 0.1) is 6.92 Å². The molecule has 24 heavy (non-hydrogen) atoms. The van der Waals surface area contributed by atoms with Crippen LogP contribution in [0.2, 0.25) is 0 Å². The van der Waals surface area contributed by atoms with Crippen LogP contribution in [0.1, 0.15) is 25.8 Å². The van der Waals surface area contributed by atoms with Crippen molar-refractivity contribution in [2.75, 3.05) is 6.54 Å². The van der Waals surface area contributed by atoms with Crippen LogP contribution in [0.3, 0.4) is 0 Å². The lowest BCUT2D eigenvalue weighted by atomic mass is 10.1. The van der Waals surface area contributed by atoms with Gasteiger partial charge in [0, 0.05) is 19.5 Å². The van der Waals surface area contributed by atoms with Gasteiger partial charge < -0.3 is 10.6 Å². The second kappa shape index (κ2) is 7.72. The summed E-state index contributed by atoms with van der Waals surface area (Å²) in [5.41, 5.74) is 1.44. The van der Waals surface area contributed by atoms with Crippen LogP contribution < -0.4 is 16.2 Å². The Morgan fingerprint density at radius 1 is 1.33 bits per heavy atom. The summed E-state index contributed by atoms with van der Waals surface area (Å²) in [5, 5.41) is 5.79. The van der Waals surface area contributed by atoms with Crippen molar-refractivity contribution in [1.82, 2.24) is 20.2 Å². The lowest BCUT2D eigenvalue weighted by molar-refractivity contribution is -0.128. The van der Waals surface area contributed by atoms with E-state index < -0.39 is 6.04 Å². The van der Waals surface area contributed by atoms with Gasteiger partial charge in [-0.2, -0.15) is 0 Å². The smallest absolute Gasteiger partial charge is 0.261 e. The number of hydrogen-bond acceptors (Lipinski definition) is 4. The van der Waals surface area contributed by atoms with Crippen LogP contribution in [-0.4, -0.2) is 34.0 Å². The lowest BCUT2D eigenvalue weighted by Gasteiger charge is -2.13. The van der Waals surface area contributed by atoms with Crippen molar-refractivity contribution in [3.8, 4) is 0 Å². The summed E-state index contributed by atoms with van der Waals surface area (Å²) in [4.78, 5) is 40.3. The van der Waals surface area contributed by atoms with Gasteiger partial charge in [0.1, 0.15) is 6.04 Å². The molecule has 7 heteroatoms. The van der Waals surface area contributed by atoms with E-state index in [1.54, 1.807) is 13.0 Å². The Morgan fingerprint density at radius 3 is 2.79 bits per heavy atom. The molecule has 0 radical (unpaired) electrons. The van der Waals surface area contributed by atoms with E-state index in [-0.39, 0.29) is 30.3 Å². The molecule has 1 heterocycles. The molecule has 7 nitrogen and oxygen atoms in total. The summed E-state index contributed by atoms with van der Waals surface area (Å²) in [6.45, 7) is 6.05. The summed E-state index contributed by atoms with van der Waals surface area (Å²) in [5.74, 6) is -0.518. The van der Waals surface area contributed by atoms with Gasteiger partial charge in [-0.1, -0.05) is 12.1 Å². The van der Waals surface area contributed by atoms with Gasteiger partial charge in [-0.05, 0) is 32.4 Å². The highest BCUT2D eigenvalue weighted by atomic mass is 16.2. The highest BCUT2D eigenvalue weighted by molar-refractivity contribution is 5.87. The van der Waals surface area contributed by atoms with Gasteiger partial charge >= 0.3 is 0 Å². The molecule has 128 valence electrons. The molecular weight excluding hydrogens is 308 g/mol. The third-order valence-corrected chi connectivity index (χ3v) is 3.76. The first-order valence-electron chi connectivity index (χ1n) is 7.96. The number of hydrogen-bond donors (Lipinski definition) is 2. The minimum atomic E-state index is -0.605. The molecule has 1 aromatic carbocycles. The molecule has 0 aliphatic rings. The quantitative estimate of drug-likeness (QED) is 0.817. The van der Waals surface area contributed by atoms with Crippen molar-refractivity contribution in [2.45, 2.75) is 39.8 Å². The highest BCUT2D eigenvalue weighted by Gasteiger charge is 2.15. The number of aromatic nitrogens is 2. The van der Waals surface area contributed by atoms with E-state index in [2.05, 4.69) is 15.6 Å². The number of aryl methyl sites for hydroxylation is 2. The SMILES string of the molecule is CCNC(=O)C(C)NC(=O)CCn1cnc2c(C)cccc2c1=O. The van der Waals surface area contributed by atoms with Crippen molar-refractivity contribution in [2.24, 2.45) is 0 Å². The number of benzene rings is 1. The average Bonchev–Trinajstić information content (AvgIpc) is 2.55. The van der Waals surface area contributed by atoms with E-state index in [0.717, 1.165) is 5.56 Å². The molecule has 0 aliphatic carbocycles. The van der Waals surface area contributed by atoms with Crippen LogP contribution in [-0.2, 0) is 16.1 Å². The predicted molar refractivity (Wildman–Crippen MR) is 91.6 cm³/mol. The number of rotatable bonds is 6. The Labute approximate surface area is 140 Å². The lowest BCUT2D eigenvalue weighted by Crippen LogP contribution is -2.45. The Kier molecular flexibility index (Phi) is 5.68. The summed E-state index contributed by atoms with van der Waals surface area (Å²) in [6.07, 6.45) is 1.56. The van der Waals surface area contributed by atoms with Crippen molar-refractivity contribution in [3.63, 3.8) is 0 Å².